The summed E-state index contributed by atoms with van der Waals surface area (Å²) in [4.78, 5) is 13.0. The van der Waals surface area contributed by atoms with Gasteiger partial charge in [-0.15, -0.1) is 6.42 Å². The number of aromatic nitrogens is 4. The summed E-state index contributed by atoms with van der Waals surface area (Å²) in [5, 5.41) is 4.81. The van der Waals surface area contributed by atoms with Crippen molar-refractivity contribution in [2.24, 2.45) is 5.92 Å². The average Bonchev–Trinajstić information content (AvgIpc) is 3.38. The van der Waals surface area contributed by atoms with E-state index in [4.69, 9.17) is 21.6 Å². The lowest BCUT2D eigenvalue weighted by Crippen LogP contribution is -2.23. The van der Waals surface area contributed by atoms with Crippen LogP contribution in [-0.2, 0) is 4.74 Å². The minimum Gasteiger partial charge on any atom is -0.491 e. The Kier molecular flexibility index (Phi) is 5.04. The highest BCUT2D eigenvalue weighted by atomic mass is 16.6. The predicted molar refractivity (Wildman–Crippen MR) is 124 cm³/mol. The first-order chi connectivity index (χ1) is 15.6. The first-order valence-corrected chi connectivity index (χ1v) is 10.5. The van der Waals surface area contributed by atoms with Gasteiger partial charge >= 0.3 is 0 Å². The van der Waals surface area contributed by atoms with E-state index >= 15 is 0 Å². The maximum Gasteiger partial charge on any atom is 0.148 e. The molecule has 1 fully saturated rings. The number of ether oxygens (including phenoxy) is 2. The van der Waals surface area contributed by atoms with Crippen molar-refractivity contribution in [3.63, 3.8) is 0 Å². The van der Waals surface area contributed by atoms with Crippen molar-refractivity contribution in [3.8, 4) is 18.1 Å². The van der Waals surface area contributed by atoms with Gasteiger partial charge in [0.25, 0.3) is 0 Å². The lowest BCUT2D eigenvalue weighted by atomic mass is 10.0. The SMILES string of the molecule is C#Cc1cn(C2CC(C)C(COc3ccc4ccc(NC)nc4c3)O2)c2ncnc(N)c12. The van der Waals surface area contributed by atoms with Crippen LogP contribution in [0, 0.1) is 18.3 Å². The van der Waals surface area contributed by atoms with Crippen molar-refractivity contribution in [1.29, 1.82) is 0 Å². The molecule has 3 N–H and O–H groups in total. The molecular formula is C24H24N6O2. The quantitative estimate of drug-likeness (QED) is 0.469. The lowest BCUT2D eigenvalue weighted by Gasteiger charge is -2.17. The molecule has 3 atom stereocenters. The Balaban J connectivity index is 1.33. The second kappa shape index (κ2) is 8.02. The third-order valence-electron chi connectivity index (χ3n) is 5.98. The molecule has 5 rings (SSSR count). The molecule has 4 heterocycles. The molecule has 0 spiro atoms. The van der Waals surface area contributed by atoms with Crippen molar-refractivity contribution in [3.05, 3.63) is 48.4 Å². The second-order valence-corrected chi connectivity index (χ2v) is 8.01. The number of hydrogen-bond acceptors (Lipinski definition) is 7. The summed E-state index contributed by atoms with van der Waals surface area (Å²) in [5.74, 6) is 4.92. The molecular weight excluding hydrogens is 404 g/mol. The zero-order chi connectivity index (χ0) is 22.2. The summed E-state index contributed by atoms with van der Waals surface area (Å²) >= 11 is 0. The molecule has 0 amide bonds. The van der Waals surface area contributed by atoms with Gasteiger partial charge in [0.1, 0.15) is 42.2 Å². The predicted octanol–water partition coefficient (Wildman–Crippen LogP) is 3.59. The van der Waals surface area contributed by atoms with Crippen LogP contribution >= 0.6 is 0 Å². The Bertz CT molecular complexity index is 1340. The Labute approximate surface area is 185 Å². The van der Waals surface area contributed by atoms with Crippen LogP contribution in [0.5, 0.6) is 5.75 Å². The smallest absolute Gasteiger partial charge is 0.148 e. The molecule has 0 saturated carbocycles. The normalized spacial score (nSPS) is 20.5. The van der Waals surface area contributed by atoms with E-state index in [1.54, 1.807) is 0 Å². The van der Waals surface area contributed by atoms with E-state index in [1.807, 2.05) is 48.1 Å². The van der Waals surface area contributed by atoms with Crippen LogP contribution in [0.1, 0.15) is 25.1 Å². The van der Waals surface area contributed by atoms with Gasteiger partial charge in [-0.2, -0.15) is 0 Å². The molecule has 0 radical (unpaired) electrons. The fourth-order valence-corrected chi connectivity index (χ4v) is 4.19. The molecule has 0 aliphatic carbocycles. The van der Waals surface area contributed by atoms with Crippen molar-refractivity contribution < 1.29 is 9.47 Å². The zero-order valence-corrected chi connectivity index (χ0v) is 17.9. The summed E-state index contributed by atoms with van der Waals surface area (Å²) in [7, 11) is 1.85. The molecule has 3 unspecified atom stereocenters. The van der Waals surface area contributed by atoms with Crippen molar-refractivity contribution in [1.82, 2.24) is 19.5 Å². The Morgan fingerprint density at radius 3 is 2.97 bits per heavy atom. The van der Waals surface area contributed by atoms with Crippen molar-refractivity contribution in [2.45, 2.75) is 25.7 Å². The van der Waals surface area contributed by atoms with E-state index in [-0.39, 0.29) is 12.3 Å². The van der Waals surface area contributed by atoms with Gasteiger partial charge in [0.15, 0.2) is 0 Å². The number of nitrogens with two attached hydrogens (primary N) is 1. The molecule has 32 heavy (non-hydrogen) atoms. The highest BCUT2D eigenvalue weighted by Gasteiger charge is 2.35. The van der Waals surface area contributed by atoms with E-state index in [2.05, 4.69) is 33.1 Å². The first kappa shape index (κ1) is 20.1. The number of anilines is 2. The minimum atomic E-state index is -0.200. The van der Waals surface area contributed by atoms with Gasteiger partial charge in [0.2, 0.25) is 0 Å². The first-order valence-electron chi connectivity index (χ1n) is 10.5. The topological polar surface area (TPSA) is 100 Å². The molecule has 4 aromatic rings. The van der Waals surface area contributed by atoms with E-state index in [9.17, 15) is 0 Å². The zero-order valence-electron chi connectivity index (χ0n) is 17.9. The Hall–Kier alpha value is -3.83. The molecule has 1 aliphatic heterocycles. The second-order valence-electron chi connectivity index (χ2n) is 8.01. The lowest BCUT2D eigenvalue weighted by molar-refractivity contribution is -0.0224. The van der Waals surface area contributed by atoms with Crippen molar-refractivity contribution >= 4 is 33.6 Å². The van der Waals surface area contributed by atoms with Crippen LogP contribution in [0.25, 0.3) is 21.9 Å². The molecule has 8 nitrogen and oxygen atoms in total. The number of hydrogen-bond donors (Lipinski definition) is 2. The van der Waals surface area contributed by atoms with Gasteiger partial charge in [-0.3, -0.25) is 0 Å². The standard InChI is InChI=1S/C24H24N6O2/c1-4-15-11-30(24-22(15)23(25)27-13-28-24)21-9-14(2)19(32-21)12-31-17-7-5-16-6-8-20(26-3)29-18(16)10-17/h1,5-8,10-11,13-14,19,21H,9,12H2,2-3H3,(H,26,29)(H2,25,27,28). The Morgan fingerprint density at radius 2 is 2.16 bits per heavy atom. The van der Waals surface area contributed by atoms with Gasteiger partial charge in [0.05, 0.1) is 22.6 Å². The summed E-state index contributed by atoms with van der Waals surface area (Å²) in [6.45, 7) is 2.60. The summed E-state index contributed by atoms with van der Waals surface area (Å²) < 4.78 is 14.4. The fraction of sp³-hybridized carbons (Fsp3) is 0.292. The van der Waals surface area contributed by atoms with E-state index in [1.165, 1.54) is 6.33 Å². The third-order valence-corrected chi connectivity index (χ3v) is 5.98. The minimum absolute atomic E-state index is 0.0711. The van der Waals surface area contributed by atoms with Crippen LogP contribution < -0.4 is 15.8 Å². The van der Waals surface area contributed by atoms with Crippen LogP contribution in [-0.4, -0.2) is 39.3 Å². The molecule has 1 saturated heterocycles. The number of benzene rings is 1. The van der Waals surface area contributed by atoms with Crippen LogP contribution in [0.3, 0.4) is 0 Å². The highest BCUT2D eigenvalue weighted by molar-refractivity contribution is 5.92. The number of nitrogens with one attached hydrogen (secondary N) is 1. The number of nitrogens with zero attached hydrogens (tertiary/aromatic N) is 4. The largest absolute Gasteiger partial charge is 0.491 e. The maximum absolute atomic E-state index is 6.35. The molecule has 3 aromatic heterocycles. The Morgan fingerprint density at radius 1 is 1.31 bits per heavy atom. The number of rotatable bonds is 5. The average molecular weight is 428 g/mol. The summed E-state index contributed by atoms with van der Waals surface area (Å²) in [5.41, 5.74) is 8.27. The van der Waals surface area contributed by atoms with E-state index in [0.717, 1.165) is 28.9 Å². The number of pyridine rings is 1. The number of nitrogen functional groups attached to an aromatic ring is 1. The molecule has 162 valence electrons. The van der Waals surface area contributed by atoms with Gasteiger partial charge in [0, 0.05) is 24.7 Å². The third kappa shape index (κ3) is 3.47. The van der Waals surface area contributed by atoms with Crippen LogP contribution in [0.2, 0.25) is 0 Å². The van der Waals surface area contributed by atoms with Crippen LogP contribution in [0.15, 0.2) is 42.9 Å². The van der Waals surface area contributed by atoms with E-state index in [0.29, 0.717) is 34.9 Å². The molecule has 1 aromatic carbocycles. The van der Waals surface area contributed by atoms with Gasteiger partial charge in [-0.05, 0) is 36.6 Å². The summed E-state index contributed by atoms with van der Waals surface area (Å²) in [6.07, 6.45) is 9.53. The fourth-order valence-electron chi connectivity index (χ4n) is 4.19. The van der Waals surface area contributed by atoms with Gasteiger partial charge in [-0.1, -0.05) is 12.8 Å². The monoisotopic (exact) mass is 428 g/mol. The number of fused-ring (bicyclic) bond motifs is 2. The number of terminal acetylenes is 1. The highest BCUT2D eigenvalue weighted by Crippen LogP contribution is 2.37. The molecule has 8 heteroatoms. The van der Waals surface area contributed by atoms with Crippen molar-refractivity contribution in [2.75, 3.05) is 24.7 Å². The van der Waals surface area contributed by atoms with Gasteiger partial charge in [-0.25, -0.2) is 15.0 Å². The molecule has 0 bridgehead atoms. The van der Waals surface area contributed by atoms with E-state index < -0.39 is 0 Å². The van der Waals surface area contributed by atoms with Crippen LogP contribution in [0.4, 0.5) is 11.6 Å². The molecule has 1 aliphatic rings. The summed E-state index contributed by atoms with van der Waals surface area (Å²) in [6, 6.07) is 9.90. The maximum atomic E-state index is 6.35. The van der Waals surface area contributed by atoms with Gasteiger partial charge < -0.3 is 25.1 Å².